The van der Waals surface area contributed by atoms with Crippen LogP contribution in [0, 0.1) is 5.92 Å². The zero-order valence-electron chi connectivity index (χ0n) is 24.8. The summed E-state index contributed by atoms with van der Waals surface area (Å²) in [4.78, 5) is 39.3. The Morgan fingerprint density at radius 1 is 0.795 bits per heavy atom. The van der Waals surface area contributed by atoms with E-state index in [-0.39, 0.29) is 11.8 Å². The maximum Gasteiger partial charge on any atom is 0.490 e. The van der Waals surface area contributed by atoms with Crippen LogP contribution in [0.1, 0.15) is 78.3 Å². The molecule has 0 bridgehead atoms. The van der Waals surface area contributed by atoms with Gasteiger partial charge in [0.15, 0.2) is 0 Å². The number of hydrogen-bond donors (Lipinski definition) is 2. The summed E-state index contributed by atoms with van der Waals surface area (Å²) in [5.74, 6) is -2.40. The Morgan fingerprint density at radius 2 is 1.30 bits per heavy atom. The average molecular weight is 630 g/mol. The molecular formula is C31H37F6N3O4. The molecule has 0 spiro atoms. The molecule has 7 nitrogen and oxygen atoms in total. The average Bonchev–Trinajstić information content (AvgIpc) is 2.96. The molecule has 2 aromatic carbocycles. The van der Waals surface area contributed by atoms with Crippen LogP contribution in [0.3, 0.4) is 0 Å². The quantitative estimate of drug-likeness (QED) is 0.377. The highest BCUT2D eigenvalue weighted by atomic mass is 19.4. The van der Waals surface area contributed by atoms with Gasteiger partial charge in [0.1, 0.15) is 0 Å². The summed E-state index contributed by atoms with van der Waals surface area (Å²) in [6.07, 6.45) is -4.97. The first-order valence-corrected chi connectivity index (χ1v) is 14.3. The number of rotatable bonds is 5. The number of carbonyl (C=O) groups excluding carboxylic acids is 2. The van der Waals surface area contributed by atoms with Gasteiger partial charge in [0.25, 0.3) is 11.8 Å². The molecule has 13 heteroatoms. The number of carboxylic acid groups (broad SMARTS) is 1. The molecule has 2 aliphatic rings. The van der Waals surface area contributed by atoms with E-state index in [0.717, 1.165) is 57.1 Å². The first-order chi connectivity index (χ1) is 20.4. The lowest BCUT2D eigenvalue weighted by Crippen LogP contribution is -2.49. The normalized spacial score (nSPS) is 18.7. The van der Waals surface area contributed by atoms with Crippen LogP contribution < -0.4 is 5.32 Å². The molecule has 44 heavy (non-hydrogen) atoms. The number of carboxylic acids is 1. The fourth-order valence-electron chi connectivity index (χ4n) is 5.44. The smallest absolute Gasteiger partial charge is 0.475 e. The summed E-state index contributed by atoms with van der Waals surface area (Å²) in [6.45, 7) is 9.55. The predicted octanol–water partition coefficient (Wildman–Crippen LogP) is 6.34. The predicted molar refractivity (Wildman–Crippen MR) is 151 cm³/mol. The molecule has 4 rings (SSSR count). The maximum atomic E-state index is 13.1. The fourth-order valence-corrected chi connectivity index (χ4v) is 5.44. The minimum absolute atomic E-state index is 0.0255. The Kier molecular flexibility index (Phi) is 11.1. The lowest BCUT2D eigenvalue weighted by molar-refractivity contribution is -0.192. The van der Waals surface area contributed by atoms with Crippen molar-refractivity contribution in [1.29, 1.82) is 0 Å². The van der Waals surface area contributed by atoms with Crippen molar-refractivity contribution in [2.45, 2.75) is 70.4 Å². The Balaban J connectivity index is 0.000000676. The highest BCUT2D eigenvalue weighted by Crippen LogP contribution is 2.31. The zero-order chi connectivity index (χ0) is 32.9. The number of nitrogens with one attached hydrogen (secondary N) is 1. The second-order valence-electron chi connectivity index (χ2n) is 11.8. The van der Waals surface area contributed by atoms with Crippen LogP contribution in [0.5, 0.6) is 0 Å². The molecule has 2 aliphatic heterocycles. The van der Waals surface area contributed by atoms with E-state index in [1.807, 2.05) is 4.90 Å². The van der Waals surface area contributed by atoms with Crippen LogP contribution in [0.2, 0.25) is 0 Å². The summed E-state index contributed by atoms with van der Waals surface area (Å²) < 4.78 is 70.3. The van der Waals surface area contributed by atoms with Gasteiger partial charge in [0.05, 0.1) is 11.1 Å². The van der Waals surface area contributed by atoms with Crippen LogP contribution in [0.15, 0.2) is 48.5 Å². The number of amides is 2. The molecule has 0 aliphatic carbocycles. The largest absolute Gasteiger partial charge is 0.490 e. The molecule has 1 atom stereocenters. The van der Waals surface area contributed by atoms with Gasteiger partial charge in [-0.3, -0.25) is 14.5 Å². The lowest BCUT2D eigenvalue weighted by Gasteiger charge is -2.41. The molecule has 2 aromatic rings. The van der Waals surface area contributed by atoms with E-state index in [1.54, 1.807) is 38.1 Å². The number of likely N-dealkylation sites (tertiary alicyclic amines) is 2. The van der Waals surface area contributed by atoms with Crippen molar-refractivity contribution in [2.75, 3.05) is 26.2 Å². The second-order valence-corrected chi connectivity index (χ2v) is 11.8. The minimum atomic E-state index is -5.08. The topological polar surface area (TPSA) is 90.0 Å². The number of carbonyl (C=O) groups is 3. The molecule has 1 unspecified atom stereocenters. The Bertz CT molecular complexity index is 1290. The minimum Gasteiger partial charge on any atom is -0.475 e. The molecule has 2 amide bonds. The zero-order valence-corrected chi connectivity index (χ0v) is 24.8. The van der Waals surface area contributed by atoms with E-state index < -0.39 is 29.4 Å². The monoisotopic (exact) mass is 629 g/mol. The van der Waals surface area contributed by atoms with Crippen LogP contribution in [0.25, 0.3) is 0 Å². The third-order valence-corrected chi connectivity index (χ3v) is 7.95. The van der Waals surface area contributed by atoms with Crippen LogP contribution >= 0.6 is 0 Å². The Hall–Kier alpha value is -3.61. The highest BCUT2D eigenvalue weighted by molar-refractivity contribution is 5.98. The van der Waals surface area contributed by atoms with Crippen molar-refractivity contribution in [1.82, 2.24) is 15.1 Å². The van der Waals surface area contributed by atoms with Gasteiger partial charge in [-0.25, -0.2) is 4.79 Å². The molecule has 2 N–H and O–H groups in total. The fraction of sp³-hybridized carbons (Fsp3) is 0.516. The third kappa shape index (κ3) is 9.44. The van der Waals surface area contributed by atoms with Crippen molar-refractivity contribution in [2.24, 2.45) is 5.92 Å². The SMILES string of the molecule is CC1CCCN(C2CCN(C(=O)c3ccc(C(=O)NC(C)(C)c4ccc(C(F)(F)F)cc4)cc3)CC2)C1.O=C(O)C(F)(F)F. The van der Waals surface area contributed by atoms with Gasteiger partial charge in [-0.15, -0.1) is 0 Å². The van der Waals surface area contributed by atoms with Crippen molar-refractivity contribution < 1.29 is 45.8 Å². The number of nitrogens with zero attached hydrogens (tertiary/aromatic N) is 2. The van der Waals surface area contributed by atoms with Crippen LogP contribution in [-0.4, -0.2) is 71.1 Å². The standard InChI is InChI=1S/C29H36F3N3O2.C2HF3O2/c1-20-5-4-16-35(19-20)25-14-17-34(18-15-25)27(37)22-8-6-21(7-9-22)26(36)33-28(2,3)23-10-12-24(13-11-23)29(30,31)32;3-2(4,5)1(6)7/h6-13,20,25H,4-5,14-19H2,1-3H3,(H,33,36);(H,6,7). The van der Waals surface area contributed by atoms with Gasteiger partial charge in [0, 0.05) is 36.8 Å². The molecule has 242 valence electrons. The summed E-state index contributed by atoms with van der Waals surface area (Å²) >= 11 is 0. The molecule has 2 fully saturated rings. The van der Waals surface area contributed by atoms with Gasteiger partial charge in [-0.05, 0) is 94.0 Å². The number of alkyl halides is 6. The third-order valence-electron chi connectivity index (χ3n) is 7.95. The van der Waals surface area contributed by atoms with Crippen LogP contribution in [-0.2, 0) is 16.5 Å². The summed E-state index contributed by atoms with van der Waals surface area (Å²) in [6, 6.07) is 11.9. The van der Waals surface area contributed by atoms with Crippen molar-refractivity contribution in [3.63, 3.8) is 0 Å². The number of halogens is 6. The number of piperidine rings is 2. The van der Waals surface area contributed by atoms with Gasteiger partial charge in [-0.2, -0.15) is 26.3 Å². The van der Waals surface area contributed by atoms with Gasteiger partial charge in [0.2, 0.25) is 0 Å². The lowest BCUT2D eigenvalue weighted by atomic mass is 9.92. The molecule has 0 radical (unpaired) electrons. The Morgan fingerprint density at radius 3 is 1.77 bits per heavy atom. The van der Waals surface area contributed by atoms with Crippen molar-refractivity contribution >= 4 is 17.8 Å². The van der Waals surface area contributed by atoms with Crippen LogP contribution in [0.4, 0.5) is 26.3 Å². The first kappa shape index (κ1) is 34.9. The second kappa shape index (κ2) is 14.0. The molecule has 0 aromatic heterocycles. The van der Waals surface area contributed by atoms with E-state index in [4.69, 9.17) is 9.90 Å². The van der Waals surface area contributed by atoms with Crippen molar-refractivity contribution in [3.05, 3.63) is 70.8 Å². The maximum absolute atomic E-state index is 13.1. The van der Waals surface area contributed by atoms with E-state index in [9.17, 15) is 35.9 Å². The van der Waals surface area contributed by atoms with Gasteiger partial charge in [-0.1, -0.05) is 19.1 Å². The first-order valence-electron chi connectivity index (χ1n) is 14.3. The molecule has 2 heterocycles. The summed E-state index contributed by atoms with van der Waals surface area (Å²) in [5, 5.41) is 10.0. The van der Waals surface area contributed by atoms with Gasteiger partial charge >= 0.3 is 18.3 Å². The van der Waals surface area contributed by atoms with E-state index >= 15 is 0 Å². The Labute approximate surface area is 252 Å². The van der Waals surface area contributed by atoms with E-state index in [1.165, 1.54) is 25.0 Å². The highest BCUT2D eigenvalue weighted by Gasteiger charge is 2.38. The summed E-state index contributed by atoms with van der Waals surface area (Å²) in [7, 11) is 0. The molecule has 2 saturated heterocycles. The van der Waals surface area contributed by atoms with Gasteiger partial charge < -0.3 is 15.3 Å². The summed E-state index contributed by atoms with van der Waals surface area (Å²) in [5.41, 5.74) is -0.128. The molecular weight excluding hydrogens is 592 g/mol. The van der Waals surface area contributed by atoms with E-state index in [0.29, 0.717) is 22.7 Å². The van der Waals surface area contributed by atoms with Crippen molar-refractivity contribution in [3.8, 4) is 0 Å². The molecule has 0 saturated carbocycles. The number of hydrogen-bond acceptors (Lipinski definition) is 4. The number of benzene rings is 2. The van der Waals surface area contributed by atoms with E-state index in [2.05, 4.69) is 17.1 Å². The number of aliphatic carboxylic acids is 1.